The molecule has 1 rings (SSSR count). The number of nitrogens with one attached hydrogen (secondary N) is 1. The van der Waals surface area contributed by atoms with E-state index in [2.05, 4.69) is 5.32 Å². The molecule has 0 aliphatic carbocycles. The highest BCUT2D eigenvalue weighted by Crippen LogP contribution is 2.17. The smallest absolute Gasteiger partial charge is 0.326 e. The molecule has 0 aromatic heterocycles. The van der Waals surface area contributed by atoms with Gasteiger partial charge in [0.15, 0.2) is 0 Å². The van der Waals surface area contributed by atoms with Gasteiger partial charge in [0.25, 0.3) is 0 Å². The standard InChI is InChI=1S/C8H14ClNO3.ClH/c1-8(4-6(11)5-9)7(12)13-3-2-10-8;/h6,10-11H,2-5H2,1H3;1H. The Morgan fingerprint density at radius 1 is 1.79 bits per heavy atom. The molecule has 6 heteroatoms. The fraction of sp³-hybridized carbons (Fsp3) is 0.875. The SMILES string of the molecule is CC1(CC(O)CCl)NCCOC1=O.Cl. The maximum Gasteiger partial charge on any atom is 0.326 e. The van der Waals surface area contributed by atoms with E-state index in [0.717, 1.165) is 0 Å². The van der Waals surface area contributed by atoms with Crippen LogP contribution >= 0.6 is 24.0 Å². The molecule has 1 heterocycles. The van der Waals surface area contributed by atoms with Crippen LogP contribution in [0.3, 0.4) is 0 Å². The van der Waals surface area contributed by atoms with E-state index in [1.165, 1.54) is 0 Å². The van der Waals surface area contributed by atoms with Crippen molar-refractivity contribution in [1.82, 2.24) is 5.32 Å². The first-order chi connectivity index (χ1) is 6.08. The summed E-state index contributed by atoms with van der Waals surface area (Å²) in [5.74, 6) is -0.187. The number of aliphatic hydroxyl groups excluding tert-OH is 1. The fourth-order valence-electron chi connectivity index (χ4n) is 1.38. The minimum absolute atomic E-state index is 0. The van der Waals surface area contributed by atoms with Crippen molar-refractivity contribution < 1.29 is 14.6 Å². The van der Waals surface area contributed by atoms with Crippen LogP contribution in [0, 0.1) is 0 Å². The predicted octanol–water partition coefficient (Wildman–Crippen LogP) is 0.303. The first-order valence-electron chi connectivity index (χ1n) is 4.25. The van der Waals surface area contributed by atoms with E-state index in [-0.39, 0.29) is 30.7 Å². The van der Waals surface area contributed by atoms with Crippen molar-refractivity contribution in [3.63, 3.8) is 0 Å². The van der Waals surface area contributed by atoms with E-state index in [1.807, 2.05) is 0 Å². The molecule has 14 heavy (non-hydrogen) atoms. The van der Waals surface area contributed by atoms with E-state index >= 15 is 0 Å². The number of carbonyl (C=O) groups excluding carboxylic acids is 1. The van der Waals surface area contributed by atoms with E-state index in [9.17, 15) is 9.90 Å². The van der Waals surface area contributed by atoms with Crippen molar-refractivity contribution in [2.75, 3.05) is 19.0 Å². The highest BCUT2D eigenvalue weighted by Gasteiger charge is 2.38. The minimum atomic E-state index is -0.785. The Hall–Kier alpha value is -0.0300. The molecule has 1 aliphatic heterocycles. The second-order valence-corrected chi connectivity index (χ2v) is 3.72. The summed E-state index contributed by atoms with van der Waals surface area (Å²) in [6, 6.07) is 0. The molecule has 0 spiro atoms. The molecule has 0 radical (unpaired) electrons. The lowest BCUT2D eigenvalue weighted by molar-refractivity contribution is -0.156. The van der Waals surface area contributed by atoms with E-state index in [4.69, 9.17) is 16.3 Å². The Labute approximate surface area is 94.4 Å². The van der Waals surface area contributed by atoms with Crippen LogP contribution in [-0.2, 0) is 9.53 Å². The van der Waals surface area contributed by atoms with Gasteiger partial charge in [0.05, 0.1) is 6.10 Å². The largest absolute Gasteiger partial charge is 0.463 e. The maximum absolute atomic E-state index is 11.3. The number of hydrogen-bond acceptors (Lipinski definition) is 4. The molecule has 84 valence electrons. The number of morpholine rings is 1. The highest BCUT2D eigenvalue weighted by molar-refractivity contribution is 6.18. The molecule has 1 saturated heterocycles. The summed E-state index contributed by atoms with van der Waals surface area (Å²) in [5, 5.41) is 12.3. The van der Waals surface area contributed by atoms with Gasteiger partial charge in [0, 0.05) is 18.8 Å². The molecule has 1 fully saturated rings. The quantitative estimate of drug-likeness (QED) is 0.554. The highest BCUT2D eigenvalue weighted by atomic mass is 35.5. The maximum atomic E-state index is 11.3. The summed E-state index contributed by atoms with van der Waals surface area (Å²) < 4.78 is 4.88. The lowest BCUT2D eigenvalue weighted by Gasteiger charge is -2.33. The zero-order valence-corrected chi connectivity index (χ0v) is 9.53. The van der Waals surface area contributed by atoms with Crippen molar-refractivity contribution in [2.45, 2.75) is 25.0 Å². The summed E-state index contributed by atoms with van der Waals surface area (Å²) in [6.07, 6.45) is -0.389. The molecule has 0 bridgehead atoms. The van der Waals surface area contributed by atoms with E-state index in [1.54, 1.807) is 6.92 Å². The zero-order valence-electron chi connectivity index (χ0n) is 7.96. The van der Waals surface area contributed by atoms with Gasteiger partial charge >= 0.3 is 5.97 Å². The van der Waals surface area contributed by atoms with E-state index < -0.39 is 11.6 Å². The second kappa shape index (κ2) is 5.75. The van der Waals surface area contributed by atoms with E-state index in [0.29, 0.717) is 13.2 Å². The van der Waals surface area contributed by atoms with Gasteiger partial charge < -0.3 is 9.84 Å². The average molecular weight is 244 g/mol. The predicted molar refractivity (Wildman–Crippen MR) is 56.0 cm³/mol. The van der Waals surface area contributed by atoms with Gasteiger partial charge in [-0.25, -0.2) is 0 Å². The van der Waals surface area contributed by atoms with Crippen LogP contribution in [0.5, 0.6) is 0 Å². The third kappa shape index (κ3) is 3.28. The molecule has 2 atom stereocenters. The molecule has 0 aromatic carbocycles. The van der Waals surface area contributed by atoms with Crippen molar-refractivity contribution >= 4 is 30.0 Å². The van der Waals surface area contributed by atoms with Crippen LogP contribution in [0.25, 0.3) is 0 Å². The summed E-state index contributed by atoms with van der Waals surface area (Å²) in [7, 11) is 0. The van der Waals surface area contributed by atoms with Crippen LogP contribution in [0.4, 0.5) is 0 Å². The van der Waals surface area contributed by atoms with Gasteiger partial charge in [-0.05, 0) is 6.92 Å². The topological polar surface area (TPSA) is 58.6 Å². The number of esters is 1. The van der Waals surface area contributed by atoms with Gasteiger partial charge in [-0.15, -0.1) is 24.0 Å². The third-order valence-electron chi connectivity index (χ3n) is 2.12. The molecular weight excluding hydrogens is 229 g/mol. The monoisotopic (exact) mass is 243 g/mol. The summed E-state index contributed by atoms with van der Waals surface area (Å²) in [4.78, 5) is 11.3. The van der Waals surface area contributed by atoms with Crippen molar-refractivity contribution in [3.8, 4) is 0 Å². The summed E-state index contributed by atoms with van der Waals surface area (Å²) in [5.41, 5.74) is -0.785. The van der Waals surface area contributed by atoms with Crippen molar-refractivity contribution in [1.29, 1.82) is 0 Å². The van der Waals surface area contributed by atoms with Gasteiger partial charge in [-0.1, -0.05) is 0 Å². The minimum Gasteiger partial charge on any atom is -0.463 e. The number of alkyl halides is 1. The number of cyclic esters (lactones) is 1. The molecule has 0 aromatic rings. The van der Waals surface area contributed by atoms with Gasteiger partial charge in [-0.3, -0.25) is 10.1 Å². The number of carbonyl (C=O) groups is 1. The fourth-order valence-corrected chi connectivity index (χ4v) is 1.49. The van der Waals surface area contributed by atoms with Gasteiger partial charge in [0.2, 0.25) is 0 Å². The van der Waals surface area contributed by atoms with Crippen LogP contribution in [-0.4, -0.2) is 41.8 Å². The molecule has 0 amide bonds. The van der Waals surface area contributed by atoms with Gasteiger partial charge in [-0.2, -0.15) is 0 Å². The second-order valence-electron chi connectivity index (χ2n) is 3.41. The van der Waals surface area contributed by atoms with Crippen molar-refractivity contribution in [3.05, 3.63) is 0 Å². The lowest BCUT2D eigenvalue weighted by Crippen LogP contribution is -2.57. The summed E-state index contributed by atoms with van der Waals surface area (Å²) in [6.45, 7) is 2.73. The van der Waals surface area contributed by atoms with Gasteiger partial charge in [0.1, 0.15) is 12.1 Å². The van der Waals surface area contributed by atoms with Crippen LogP contribution < -0.4 is 5.32 Å². The molecular formula is C8H15Cl2NO3. The molecule has 2 N–H and O–H groups in total. The third-order valence-corrected chi connectivity index (χ3v) is 2.48. The summed E-state index contributed by atoms with van der Waals surface area (Å²) >= 11 is 5.45. The van der Waals surface area contributed by atoms with Crippen LogP contribution in [0.2, 0.25) is 0 Å². The number of rotatable bonds is 3. The first-order valence-corrected chi connectivity index (χ1v) is 4.78. The molecule has 2 unspecified atom stereocenters. The zero-order chi connectivity index (χ0) is 9.90. The lowest BCUT2D eigenvalue weighted by atomic mass is 9.94. The number of halogens is 2. The Balaban J connectivity index is 0.00000169. The molecule has 1 aliphatic rings. The van der Waals surface area contributed by atoms with Crippen LogP contribution in [0.15, 0.2) is 0 Å². The normalized spacial score (nSPS) is 28.9. The Kier molecular flexibility index (Phi) is 5.74. The molecule has 4 nitrogen and oxygen atoms in total. The number of ether oxygens (including phenoxy) is 1. The van der Waals surface area contributed by atoms with Crippen LogP contribution in [0.1, 0.15) is 13.3 Å². The Morgan fingerprint density at radius 2 is 2.43 bits per heavy atom. The number of hydrogen-bond donors (Lipinski definition) is 2. The Bertz CT molecular complexity index is 203. The van der Waals surface area contributed by atoms with Crippen molar-refractivity contribution in [2.24, 2.45) is 0 Å². The Morgan fingerprint density at radius 3 is 2.93 bits per heavy atom. The number of aliphatic hydroxyl groups is 1. The first kappa shape index (κ1) is 14.0. The average Bonchev–Trinajstić information content (AvgIpc) is 2.10. The molecule has 0 saturated carbocycles.